The van der Waals surface area contributed by atoms with Crippen molar-refractivity contribution >= 4 is 17.4 Å². The van der Waals surface area contributed by atoms with Gasteiger partial charge in [0.25, 0.3) is 0 Å². The highest BCUT2D eigenvalue weighted by Gasteiger charge is 2.42. The van der Waals surface area contributed by atoms with Crippen LogP contribution in [-0.4, -0.2) is 41.9 Å². The highest BCUT2D eigenvalue weighted by atomic mass is 19.4. The Labute approximate surface area is 206 Å². The molecule has 0 aromatic heterocycles. The summed E-state index contributed by atoms with van der Waals surface area (Å²) in [5.74, 6) is -1.71. The lowest BCUT2D eigenvalue weighted by Crippen LogP contribution is -2.42. The zero-order chi connectivity index (χ0) is 27.1. The van der Waals surface area contributed by atoms with Crippen molar-refractivity contribution in [1.82, 2.24) is 10.4 Å². The molecule has 1 aliphatic heterocycles. The van der Waals surface area contributed by atoms with Crippen LogP contribution in [0.4, 0.5) is 41.2 Å². The first kappa shape index (κ1) is 26.7. The predicted octanol–water partition coefficient (Wildman–Crippen LogP) is 5.57. The summed E-state index contributed by atoms with van der Waals surface area (Å²) in [7, 11) is 1.16. The van der Waals surface area contributed by atoms with Crippen molar-refractivity contribution in [1.29, 1.82) is 0 Å². The van der Waals surface area contributed by atoms with Crippen LogP contribution < -0.4 is 15.1 Å². The van der Waals surface area contributed by atoms with Gasteiger partial charge < -0.3 is 14.9 Å². The molecule has 37 heavy (non-hydrogen) atoms. The number of alkyl halides is 6. The molecule has 13 heteroatoms. The lowest BCUT2D eigenvalue weighted by atomic mass is 9.98. The Bertz CT molecular complexity index is 1200. The van der Waals surface area contributed by atoms with Gasteiger partial charge in [0.15, 0.2) is 5.75 Å². The smallest absolute Gasteiger partial charge is 0.409 e. The van der Waals surface area contributed by atoms with Gasteiger partial charge in [0, 0.05) is 31.0 Å². The summed E-state index contributed by atoms with van der Waals surface area (Å²) in [5, 5.41) is 11.6. The highest BCUT2D eigenvalue weighted by molar-refractivity contribution is 5.90. The summed E-state index contributed by atoms with van der Waals surface area (Å²) in [6, 6.07) is 4.38. The number of hydrazine groups is 1. The molecule has 2 aromatic carbocycles. The van der Waals surface area contributed by atoms with E-state index in [2.05, 4.69) is 5.43 Å². The van der Waals surface area contributed by atoms with E-state index < -0.39 is 58.8 Å². The number of rotatable bonds is 4. The molecule has 1 saturated carbocycles. The number of benzene rings is 2. The van der Waals surface area contributed by atoms with Crippen molar-refractivity contribution in [3.05, 3.63) is 65.1 Å². The number of carbonyl (C=O) groups excluding carboxylic acids is 1. The number of hydrogen-bond acceptors (Lipinski definition) is 5. The zero-order valence-electron chi connectivity index (χ0n) is 19.3. The Morgan fingerprint density at radius 3 is 2.32 bits per heavy atom. The van der Waals surface area contributed by atoms with E-state index in [0.29, 0.717) is 25.3 Å². The van der Waals surface area contributed by atoms with E-state index in [1.165, 1.54) is 23.3 Å². The first-order chi connectivity index (χ1) is 17.3. The molecule has 0 spiro atoms. The van der Waals surface area contributed by atoms with Crippen LogP contribution in [0.2, 0.25) is 0 Å². The minimum absolute atomic E-state index is 0.00272. The van der Waals surface area contributed by atoms with Crippen molar-refractivity contribution in [2.45, 2.75) is 43.8 Å². The Kier molecular flexibility index (Phi) is 7.12. The molecule has 0 bridgehead atoms. The molecule has 1 aliphatic carbocycles. The van der Waals surface area contributed by atoms with Gasteiger partial charge in [-0.05, 0) is 61.2 Å². The minimum atomic E-state index is -5.30. The van der Waals surface area contributed by atoms with E-state index in [-0.39, 0.29) is 23.9 Å². The van der Waals surface area contributed by atoms with E-state index in [1.807, 2.05) is 0 Å². The molecule has 2 atom stereocenters. The molecule has 2 unspecified atom stereocenters. The third-order valence-corrected chi connectivity index (χ3v) is 6.29. The molecule has 6 nitrogen and oxygen atoms in total. The van der Waals surface area contributed by atoms with Crippen molar-refractivity contribution in [2.24, 2.45) is 0 Å². The Hall–Kier alpha value is -3.32. The fourth-order valence-corrected chi connectivity index (χ4v) is 4.34. The number of anilines is 1. The molecule has 0 saturated heterocycles. The molecule has 2 aliphatic rings. The number of nitrogens with one attached hydrogen (secondary N) is 1. The number of halogens is 7. The van der Waals surface area contributed by atoms with Gasteiger partial charge in [-0.25, -0.2) is 14.6 Å². The van der Waals surface area contributed by atoms with E-state index >= 15 is 0 Å². The second kappa shape index (κ2) is 9.86. The maximum absolute atomic E-state index is 14.0. The molecule has 1 amide bonds. The number of hydrogen-bond donors (Lipinski definition) is 2. The number of aliphatic hydroxyl groups excluding tert-OH is 1. The van der Waals surface area contributed by atoms with E-state index in [9.17, 15) is 40.6 Å². The maximum atomic E-state index is 14.0. The fraction of sp³-hybridized carbons (Fsp3) is 0.375. The second-order valence-electron chi connectivity index (χ2n) is 8.76. The van der Waals surface area contributed by atoms with Crippen molar-refractivity contribution in [3.8, 4) is 5.75 Å². The highest BCUT2D eigenvalue weighted by Crippen LogP contribution is 2.45. The topological polar surface area (TPSA) is 65.0 Å². The van der Waals surface area contributed by atoms with Gasteiger partial charge >= 0.3 is 18.4 Å². The van der Waals surface area contributed by atoms with Crippen molar-refractivity contribution in [3.63, 3.8) is 0 Å². The zero-order valence-corrected chi connectivity index (χ0v) is 19.3. The lowest BCUT2D eigenvalue weighted by Gasteiger charge is -2.26. The molecular formula is C24H22F7N3O3. The minimum Gasteiger partial charge on any atom is -0.409 e. The molecule has 4 rings (SSSR count). The molecule has 1 fully saturated rings. The summed E-state index contributed by atoms with van der Waals surface area (Å²) in [6.45, 7) is -0.166. The van der Waals surface area contributed by atoms with Crippen LogP contribution in [-0.2, 0) is 12.4 Å². The number of nitrogens with zero attached hydrogens (tertiary/aromatic N) is 2. The Morgan fingerprint density at radius 1 is 1.08 bits per heavy atom. The molecule has 1 heterocycles. The SMILES string of the molecule is CN(C(=O)Oc1c(C2=CN(C3CCCC3O)NC2)cc(C(F)(F)F)cc1C(F)(F)F)c1ccc(F)cc1. The normalized spacial score (nSPS) is 20.2. The summed E-state index contributed by atoms with van der Waals surface area (Å²) in [4.78, 5) is 13.6. The van der Waals surface area contributed by atoms with Gasteiger partial charge in [-0.2, -0.15) is 26.3 Å². The van der Waals surface area contributed by atoms with Crippen LogP contribution >= 0.6 is 0 Å². The largest absolute Gasteiger partial charge is 0.420 e. The van der Waals surface area contributed by atoms with Gasteiger partial charge in [-0.1, -0.05) is 0 Å². The fourth-order valence-electron chi connectivity index (χ4n) is 4.34. The summed E-state index contributed by atoms with van der Waals surface area (Å²) in [5.41, 5.74) is -0.982. The maximum Gasteiger partial charge on any atom is 0.420 e. The number of carbonyl (C=O) groups is 1. The monoisotopic (exact) mass is 533 g/mol. The number of aliphatic hydroxyl groups is 1. The number of ether oxygens (including phenoxy) is 1. The first-order valence-electron chi connectivity index (χ1n) is 11.2. The molecule has 2 aromatic rings. The van der Waals surface area contributed by atoms with Crippen LogP contribution in [0.5, 0.6) is 5.75 Å². The average molecular weight is 533 g/mol. The summed E-state index contributed by atoms with van der Waals surface area (Å²) in [6.07, 6.45) is -9.37. The van der Waals surface area contributed by atoms with Gasteiger partial charge in [0.05, 0.1) is 23.3 Å². The van der Waals surface area contributed by atoms with Gasteiger partial charge in [-0.3, -0.25) is 4.90 Å². The molecule has 0 radical (unpaired) electrons. The Balaban J connectivity index is 1.79. The summed E-state index contributed by atoms with van der Waals surface area (Å²) < 4.78 is 101. The first-order valence-corrected chi connectivity index (χ1v) is 11.2. The third kappa shape index (κ3) is 5.67. The summed E-state index contributed by atoms with van der Waals surface area (Å²) >= 11 is 0. The standard InChI is InChI=1S/C24H22F7N3O3/c1-33(16-7-5-15(25)6-8-16)22(36)37-21-17(9-14(23(26,27)28)10-18(21)24(29,30)31)13-11-32-34(12-13)19-3-2-4-20(19)35/h5-10,12,19-20,32,35H,2-4,11H2,1H3. The predicted molar refractivity (Wildman–Crippen MR) is 119 cm³/mol. The third-order valence-electron chi connectivity index (χ3n) is 6.29. The van der Waals surface area contributed by atoms with Crippen LogP contribution in [0.15, 0.2) is 42.6 Å². The van der Waals surface area contributed by atoms with E-state index in [4.69, 9.17) is 4.74 Å². The van der Waals surface area contributed by atoms with Gasteiger partial charge in [0.2, 0.25) is 0 Å². The van der Waals surface area contributed by atoms with Crippen LogP contribution in [0.3, 0.4) is 0 Å². The van der Waals surface area contributed by atoms with Crippen molar-refractivity contribution in [2.75, 3.05) is 18.5 Å². The van der Waals surface area contributed by atoms with Crippen LogP contribution in [0.1, 0.15) is 36.0 Å². The Morgan fingerprint density at radius 2 is 1.76 bits per heavy atom. The number of amides is 1. The van der Waals surface area contributed by atoms with Gasteiger partial charge in [-0.15, -0.1) is 0 Å². The quantitative estimate of drug-likeness (QED) is 0.503. The van der Waals surface area contributed by atoms with Gasteiger partial charge in [0.1, 0.15) is 5.82 Å². The molecule has 200 valence electrons. The van der Waals surface area contributed by atoms with Crippen LogP contribution in [0, 0.1) is 5.82 Å². The van der Waals surface area contributed by atoms with Crippen molar-refractivity contribution < 1.29 is 45.4 Å². The van der Waals surface area contributed by atoms with Crippen LogP contribution in [0.25, 0.3) is 5.57 Å². The second-order valence-corrected chi connectivity index (χ2v) is 8.76. The lowest BCUT2D eigenvalue weighted by molar-refractivity contribution is -0.143. The molecule has 2 N–H and O–H groups in total. The van der Waals surface area contributed by atoms with E-state index in [0.717, 1.165) is 24.1 Å². The average Bonchev–Trinajstić information content (AvgIpc) is 3.46. The molecular weight excluding hydrogens is 511 g/mol. The van der Waals surface area contributed by atoms with E-state index in [1.54, 1.807) is 0 Å².